The average Bonchev–Trinajstić information content (AvgIpc) is 2.85. The highest BCUT2D eigenvalue weighted by Crippen LogP contribution is 2.38. The molecule has 0 aromatic rings. The molecule has 0 aromatic heterocycles. The van der Waals surface area contributed by atoms with Gasteiger partial charge in [-0.15, -0.1) is 0 Å². The monoisotopic (exact) mass is 451 g/mol. The van der Waals surface area contributed by atoms with E-state index in [1.54, 1.807) is 0 Å². The fourth-order valence-corrected chi connectivity index (χ4v) is 4.84. The van der Waals surface area contributed by atoms with Crippen LogP contribution in [0.25, 0.3) is 0 Å². The number of rotatable bonds is 10. The molecule has 4 nitrogen and oxygen atoms in total. The maximum absolute atomic E-state index is 6.00. The predicted octanol–water partition coefficient (Wildman–Crippen LogP) is 4.21. The maximum Gasteiger partial charge on any atom is 0.0722 e. The fourth-order valence-electron chi connectivity index (χ4n) is 4.12. The summed E-state index contributed by atoms with van der Waals surface area (Å²) in [4.78, 5) is 0. The van der Waals surface area contributed by atoms with E-state index in [-0.39, 0.29) is 0 Å². The van der Waals surface area contributed by atoms with Gasteiger partial charge in [0, 0.05) is 49.2 Å². The highest BCUT2D eigenvalue weighted by molar-refractivity contribution is 14.1. The first-order valence-electron chi connectivity index (χ1n) is 9.88. The number of hydrogen-bond acceptors (Lipinski definition) is 4. The summed E-state index contributed by atoms with van der Waals surface area (Å²) in [5.41, 5.74) is 0. The summed E-state index contributed by atoms with van der Waals surface area (Å²) in [5, 5.41) is 0. The first-order chi connectivity index (χ1) is 11.6. The van der Waals surface area contributed by atoms with Gasteiger partial charge in [-0.05, 0) is 70.6 Å². The van der Waals surface area contributed by atoms with E-state index in [9.17, 15) is 0 Å². The molecule has 5 heteroatoms. The number of ether oxygens (including phenoxy) is 3. The van der Waals surface area contributed by atoms with Crippen LogP contribution in [0.15, 0.2) is 0 Å². The van der Waals surface area contributed by atoms with Crippen molar-refractivity contribution in [1.29, 1.82) is 0 Å². The van der Waals surface area contributed by atoms with Crippen molar-refractivity contribution in [2.24, 2.45) is 11.8 Å². The van der Waals surface area contributed by atoms with Gasteiger partial charge in [-0.1, -0.05) is 0 Å². The van der Waals surface area contributed by atoms with Crippen molar-refractivity contribution >= 4 is 22.9 Å². The van der Waals surface area contributed by atoms with Gasteiger partial charge in [-0.25, -0.2) is 3.11 Å². The van der Waals surface area contributed by atoms with Crippen molar-refractivity contribution < 1.29 is 14.2 Å². The largest absolute Gasteiger partial charge is 0.378 e. The molecule has 0 amide bonds. The SMILES string of the molecule is CC(C)OC1CC(OCCC2CC(CCOC3CCN(I)C3)C2)C1. The van der Waals surface area contributed by atoms with Crippen molar-refractivity contribution in [1.82, 2.24) is 3.11 Å². The van der Waals surface area contributed by atoms with Crippen LogP contribution in [0, 0.1) is 11.8 Å². The predicted molar refractivity (Wildman–Crippen MR) is 104 cm³/mol. The number of nitrogens with zero attached hydrogens (tertiary/aromatic N) is 1. The lowest BCUT2D eigenvalue weighted by Crippen LogP contribution is -2.39. The molecule has 1 heterocycles. The summed E-state index contributed by atoms with van der Waals surface area (Å²) in [6.45, 7) is 8.41. The van der Waals surface area contributed by atoms with Crippen LogP contribution in [0.5, 0.6) is 0 Å². The van der Waals surface area contributed by atoms with Crippen LogP contribution in [0.3, 0.4) is 0 Å². The molecule has 3 fully saturated rings. The van der Waals surface area contributed by atoms with Gasteiger partial charge in [0.25, 0.3) is 0 Å². The third kappa shape index (κ3) is 6.08. The second kappa shape index (κ2) is 9.49. The van der Waals surface area contributed by atoms with Gasteiger partial charge in [0.05, 0.1) is 24.4 Å². The number of halogens is 1. The van der Waals surface area contributed by atoms with Gasteiger partial charge in [-0.3, -0.25) is 0 Å². The van der Waals surface area contributed by atoms with E-state index in [2.05, 4.69) is 39.8 Å². The Hall–Kier alpha value is 0.570. The van der Waals surface area contributed by atoms with Crippen molar-refractivity contribution in [3.63, 3.8) is 0 Å². The minimum atomic E-state index is 0.348. The Kier molecular flexibility index (Phi) is 7.65. The quantitative estimate of drug-likeness (QED) is 0.368. The molecule has 2 saturated carbocycles. The third-order valence-corrected chi connectivity index (χ3v) is 6.58. The van der Waals surface area contributed by atoms with Gasteiger partial charge in [0.2, 0.25) is 0 Å². The van der Waals surface area contributed by atoms with Crippen LogP contribution in [-0.4, -0.2) is 53.8 Å². The normalized spacial score (nSPS) is 36.8. The van der Waals surface area contributed by atoms with Crippen LogP contribution in [-0.2, 0) is 14.2 Å². The Bertz CT molecular complexity index is 370. The van der Waals surface area contributed by atoms with E-state index in [1.165, 1.54) is 38.6 Å². The molecule has 2 aliphatic carbocycles. The lowest BCUT2D eigenvalue weighted by Gasteiger charge is -2.38. The van der Waals surface area contributed by atoms with E-state index in [1.807, 2.05) is 0 Å². The highest BCUT2D eigenvalue weighted by atomic mass is 127. The summed E-state index contributed by atoms with van der Waals surface area (Å²) in [5.74, 6) is 1.80. The second-order valence-electron chi connectivity index (χ2n) is 8.20. The van der Waals surface area contributed by atoms with Crippen molar-refractivity contribution in [2.45, 2.75) is 83.2 Å². The zero-order valence-corrected chi connectivity index (χ0v) is 17.4. The van der Waals surface area contributed by atoms with Crippen LogP contribution in [0.1, 0.15) is 58.8 Å². The molecular formula is C19H34INO3. The smallest absolute Gasteiger partial charge is 0.0722 e. The summed E-state index contributed by atoms with van der Waals surface area (Å²) in [7, 11) is 0. The standard InChI is InChI=1S/C19H34INO3/c1-14(2)24-19-11-18(12-19)23-8-5-16-9-15(10-16)4-7-22-17-3-6-21(20)13-17/h14-19H,3-13H2,1-2H3. The van der Waals surface area contributed by atoms with Crippen LogP contribution < -0.4 is 0 Å². The molecule has 3 rings (SSSR count). The summed E-state index contributed by atoms with van der Waals surface area (Å²) in [6, 6.07) is 0. The van der Waals surface area contributed by atoms with Crippen LogP contribution in [0.2, 0.25) is 0 Å². The van der Waals surface area contributed by atoms with E-state index < -0.39 is 0 Å². The molecule has 0 spiro atoms. The Balaban J connectivity index is 1.12. The summed E-state index contributed by atoms with van der Waals surface area (Å²) >= 11 is 2.40. The summed E-state index contributed by atoms with van der Waals surface area (Å²) in [6.07, 6.45) is 10.4. The first-order valence-corrected chi connectivity index (χ1v) is 10.8. The third-order valence-electron chi connectivity index (χ3n) is 5.70. The Morgan fingerprint density at radius 2 is 1.54 bits per heavy atom. The second-order valence-corrected chi connectivity index (χ2v) is 9.57. The molecule has 3 aliphatic rings. The molecule has 1 saturated heterocycles. The van der Waals surface area contributed by atoms with Gasteiger partial charge in [-0.2, -0.15) is 0 Å². The van der Waals surface area contributed by atoms with E-state index in [0.717, 1.165) is 44.4 Å². The van der Waals surface area contributed by atoms with Gasteiger partial charge >= 0.3 is 0 Å². The molecule has 1 aliphatic heterocycles. The molecule has 0 N–H and O–H groups in total. The Morgan fingerprint density at radius 3 is 2.08 bits per heavy atom. The van der Waals surface area contributed by atoms with E-state index >= 15 is 0 Å². The Labute approximate surface area is 161 Å². The minimum Gasteiger partial charge on any atom is -0.378 e. The molecule has 24 heavy (non-hydrogen) atoms. The average molecular weight is 451 g/mol. The van der Waals surface area contributed by atoms with Gasteiger partial charge in [0.15, 0.2) is 0 Å². The zero-order chi connectivity index (χ0) is 16.9. The fraction of sp³-hybridized carbons (Fsp3) is 1.00. The van der Waals surface area contributed by atoms with E-state index in [4.69, 9.17) is 14.2 Å². The minimum absolute atomic E-state index is 0.348. The molecule has 0 aromatic carbocycles. The van der Waals surface area contributed by atoms with Gasteiger partial charge in [0.1, 0.15) is 0 Å². The molecule has 0 radical (unpaired) electrons. The summed E-state index contributed by atoms with van der Waals surface area (Å²) < 4.78 is 20.1. The van der Waals surface area contributed by atoms with Gasteiger partial charge < -0.3 is 14.2 Å². The van der Waals surface area contributed by atoms with Crippen LogP contribution >= 0.6 is 22.9 Å². The number of hydrogen-bond donors (Lipinski definition) is 0. The molecule has 140 valence electrons. The molecule has 1 atom stereocenters. The first kappa shape index (κ1) is 19.3. The Morgan fingerprint density at radius 1 is 0.917 bits per heavy atom. The highest BCUT2D eigenvalue weighted by Gasteiger charge is 2.33. The van der Waals surface area contributed by atoms with Crippen molar-refractivity contribution in [3.8, 4) is 0 Å². The zero-order valence-electron chi connectivity index (χ0n) is 15.3. The maximum atomic E-state index is 6.00. The molecular weight excluding hydrogens is 417 g/mol. The topological polar surface area (TPSA) is 30.9 Å². The van der Waals surface area contributed by atoms with Crippen molar-refractivity contribution in [3.05, 3.63) is 0 Å². The van der Waals surface area contributed by atoms with Crippen molar-refractivity contribution in [2.75, 3.05) is 26.3 Å². The lowest BCUT2D eigenvalue weighted by atomic mass is 9.72. The molecule has 1 unspecified atom stereocenters. The molecule has 0 bridgehead atoms. The lowest BCUT2D eigenvalue weighted by molar-refractivity contribution is -0.120. The van der Waals surface area contributed by atoms with Crippen LogP contribution in [0.4, 0.5) is 0 Å². The van der Waals surface area contributed by atoms with E-state index in [0.29, 0.717) is 24.4 Å².